The van der Waals surface area contributed by atoms with Crippen molar-refractivity contribution in [3.05, 3.63) is 59.1 Å². The van der Waals surface area contributed by atoms with E-state index in [1.54, 1.807) is 0 Å². The lowest BCUT2D eigenvalue weighted by molar-refractivity contribution is -0.131. The fourth-order valence-electron chi connectivity index (χ4n) is 2.21. The highest BCUT2D eigenvalue weighted by molar-refractivity contribution is 8.00. The quantitative estimate of drug-likeness (QED) is 0.470. The zero-order valence-electron chi connectivity index (χ0n) is 14.7. The SMILES string of the molecule is Cc1ccc(SCC(=O)NNC(=O)COCc2nc3ccccc3s2)cc1. The van der Waals surface area contributed by atoms with Gasteiger partial charge in [-0.15, -0.1) is 23.1 Å². The predicted molar refractivity (Wildman–Crippen MR) is 107 cm³/mol. The van der Waals surface area contributed by atoms with E-state index in [9.17, 15) is 9.59 Å². The first-order valence-electron chi connectivity index (χ1n) is 8.29. The molecule has 0 fully saturated rings. The van der Waals surface area contributed by atoms with Crippen molar-refractivity contribution < 1.29 is 14.3 Å². The summed E-state index contributed by atoms with van der Waals surface area (Å²) in [5.74, 6) is -0.472. The summed E-state index contributed by atoms with van der Waals surface area (Å²) in [6, 6.07) is 15.7. The summed E-state index contributed by atoms with van der Waals surface area (Å²) in [5, 5.41) is 0.808. The van der Waals surface area contributed by atoms with Gasteiger partial charge in [-0.25, -0.2) is 4.98 Å². The number of aryl methyl sites for hydroxylation is 1. The highest BCUT2D eigenvalue weighted by Crippen LogP contribution is 2.21. The molecule has 0 atom stereocenters. The van der Waals surface area contributed by atoms with E-state index in [1.165, 1.54) is 28.7 Å². The van der Waals surface area contributed by atoms with Crippen LogP contribution in [-0.4, -0.2) is 29.2 Å². The number of nitrogens with one attached hydrogen (secondary N) is 2. The molecular formula is C19H19N3O3S2. The number of hydrogen-bond donors (Lipinski definition) is 2. The van der Waals surface area contributed by atoms with Crippen molar-refractivity contribution in [1.29, 1.82) is 0 Å². The molecule has 0 aliphatic rings. The van der Waals surface area contributed by atoms with E-state index in [-0.39, 0.29) is 24.9 Å². The van der Waals surface area contributed by atoms with Crippen molar-refractivity contribution in [3.63, 3.8) is 0 Å². The van der Waals surface area contributed by atoms with Crippen molar-refractivity contribution >= 4 is 45.1 Å². The van der Waals surface area contributed by atoms with Gasteiger partial charge in [0.05, 0.1) is 22.6 Å². The Labute approximate surface area is 165 Å². The second-order valence-corrected chi connectivity index (χ2v) is 7.93. The maximum atomic E-state index is 11.8. The molecule has 0 radical (unpaired) electrons. The monoisotopic (exact) mass is 401 g/mol. The molecular weight excluding hydrogens is 382 g/mol. The summed E-state index contributed by atoms with van der Waals surface area (Å²) in [4.78, 5) is 29.0. The Morgan fingerprint density at radius 2 is 1.81 bits per heavy atom. The molecule has 0 saturated heterocycles. The number of carbonyl (C=O) groups excluding carboxylic acids is 2. The van der Waals surface area contributed by atoms with Gasteiger partial charge in [0.2, 0.25) is 5.91 Å². The number of rotatable bonds is 7. The van der Waals surface area contributed by atoms with E-state index in [2.05, 4.69) is 15.8 Å². The zero-order chi connectivity index (χ0) is 19.1. The molecule has 2 amide bonds. The van der Waals surface area contributed by atoms with Crippen LogP contribution in [0.2, 0.25) is 0 Å². The normalized spacial score (nSPS) is 10.7. The van der Waals surface area contributed by atoms with Crippen LogP contribution in [0.3, 0.4) is 0 Å². The average Bonchev–Trinajstić information content (AvgIpc) is 3.08. The first-order chi connectivity index (χ1) is 13.1. The Morgan fingerprint density at radius 3 is 2.59 bits per heavy atom. The van der Waals surface area contributed by atoms with Crippen LogP contribution in [0.15, 0.2) is 53.4 Å². The van der Waals surface area contributed by atoms with E-state index in [0.717, 1.165) is 20.1 Å². The van der Waals surface area contributed by atoms with Crippen LogP contribution in [0.4, 0.5) is 0 Å². The van der Waals surface area contributed by atoms with Crippen LogP contribution in [0.25, 0.3) is 10.2 Å². The molecule has 0 unspecified atom stereocenters. The Kier molecular flexibility index (Phi) is 6.80. The van der Waals surface area contributed by atoms with Gasteiger partial charge >= 0.3 is 0 Å². The number of para-hydroxylation sites is 1. The van der Waals surface area contributed by atoms with Crippen molar-refractivity contribution in [2.75, 3.05) is 12.4 Å². The second-order valence-electron chi connectivity index (χ2n) is 5.77. The highest BCUT2D eigenvalue weighted by atomic mass is 32.2. The number of nitrogens with zero attached hydrogens (tertiary/aromatic N) is 1. The van der Waals surface area contributed by atoms with Crippen LogP contribution in [0, 0.1) is 6.92 Å². The van der Waals surface area contributed by atoms with Gasteiger partial charge in [-0.2, -0.15) is 0 Å². The lowest BCUT2D eigenvalue weighted by Gasteiger charge is -2.07. The summed E-state index contributed by atoms with van der Waals surface area (Å²) < 4.78 is 6.45. The Bertz CT molecular complexity index is 892. The zero-order valence-corrected chi connectivity index (χ0v) is 16.4. The molecule has 8 heteroatoms. The topological polar surface area (TPSA) is 80.3 Å². The van der Waals surface area contributed by atoms with E-state index >= 15 is 0 Å². The molecule has 2 aromatic carbocycles. The fraction of sp³-hybridized carbons (Fsp3) is 0.211. The standard InChI is InChI=1S/C19H19N3O3S2/c1-13-6-8-14(9-7-13)26-12-18(24)22-21-17(23)10-25-11-19-20-15-4-2-3-5-16(15)27-19/h2-9H,10-12H2,1H3,(H,21,23)(H,22,24). The Hall–Kier alpha value is -2.42. The number of fused-ring (bicyclic) bond motifs is 1. The van der Waals surface area contributed by atoms with Gasteiger partial charge < -0.3 is 4.74 Å². The number of ether oxygens (including phenoxy) is 1. The number of thioether (sulfide) groups is 1. The lowest BCUT2D eigenvalue weighted by Crippen LogP contribution is -2.44. The predicted octanol–water partition coefficient (Wildman–Crippen LogP) is 3.06. The third kappa shape index (κ3) is 6.06. The molecule has 3 rings (SSSR count). The molecule has 2 N–H and O–H groups in total. The largest absolute Gasteiger partial charge is 0.364 e. The minimum Gasteiger partial charge on any atom is -0.364 e. The minimum absolute atomic E-state index is 0.151. The van der Waals surface area contributed by atoms with Gasteiger partial charge in [-0.1, -0.05) is 29.8 Å². The summed E-state index contributed by atoms with van der Waals surface area (Å²) in [6.07, 6.45) is 0. The summed E-state index contributed by atoms with van der Waals surface area (Å²) in [7, 11) is 0. The number of amides is 2. The number of carbonyl (C=O) groups is 2. The molecule has 3 aromatic rings. The van der Waals surface area contributed by atoms with Crippen molar-refractivity contribution in [3.8, 4) is 0 Å². The maximum Gasteiger partial charge on any atom is 0.264 e. The van der Waals surface area contributed by atoms with Gasteiger partial charge in [0.15, 0.2) is 0 Å². The summed E-state index contributed by atoms with van der Waals surface area (Å²) in [5.41, 5.74) is 6.82. The molecule has 27 heavy (non-hydrogen) atoms. The molecule has 6 nitrogen and oxygen atoms in total. The fourth-order valence-corrected chi connectivity index (χ4v) is 3.81. The number of thiazole rings is 1. The molecule has 140 valence electrons. The van der Waals surface area contributed by atoms with Crippen molar-refractivity contribution in [1.82, 2.24) is 15.8 Å². The lowest BCUT2D eigenvalue weighted by atomic mass is 10.2. The maximum absolute atomic E-state index is 11.8. The molecule has 0 bridgehead atoms. The van der Waals surface area contributed by atoms with E-state index in [4.69, 9.17) is 4.74 Å². The van der Waals surface area contributed by atoms with Gasteiger partial charge in [-0.3, -0.25) is 20.4 Å². The van der Waals surface area contributed by atoms with Crippen LogP contribution in [-0.2, 0) is 20.9 Å². The molecule has 1 aromatic heterocycles. The molecule has 0 aliphatic heterocycles. The second kappa shape index (κ2) is 9.50. The van der Waals surface area contributed by atoms with Gasteiger partial charge in [-0.05, 0) is 31.2 Å². The molecule has 0 aliphatic carbocycles. The Morgan fingerprint density at radius 1 is 1.07 bits per heavy atom. The van der Waals surface area contributed by atoms with E-state index < -0.39 is 5.91 Å². The number of hydrogen-bond acceptors (Lipinski definition) is 6. The van der Waals surface area contributed by atoms with Crippen LogP contribution >= 0.6 is 23.1 Å². The van der Waals surface area contributed by atoms with E-state index in [1.807, 2.05) is 55.5 Å². The average molecular weight is 402 g/mol. The van der Waals surface area contributed by atoms with Gasteiger partial charge in [0.1, 0.15) is 11.6 Å². The number of benzene rings is 2. The third-order valence-corrected chi connectivity index (χ3v) is 5.55. The van der Waals surface area contributed by atoms with Gasteiger partial charge in [0.25, 0.3) is 5.91 Å². The van der Waals surface area contributed by atoms with Crippen molar-refractivity contribution in [2.24, 2.45) is 0 Å². The third-order valence-electron chi connectivity index (χ3n) is 3.53. The summed E-state index contributed by atoms with van der Waals surface area (Å²) in [6.45, 7) is 2.11. The molecule has 0 saturated carbocycles. The van der Waals surface area contributed by atoms with Crippen LogP contribution in [0.1, 0.15) is 10.6 Å². The first kappa shape index (κ1) is 19.3. The first-order valence-corrected chi connectivity index (χ1v) is 10.1. The number of aromatic nitrogens is 1. The minimum atomic E-state index is -0.412. The van der Waals surface area contributed by atoms with Crippen LogP contribution in [0.5, 0.6) is 0 Å². The summed E-state index contributed by atoms with van der Waals surface area (Å²) >= 11 is 2.94. The van der Waals surface area contributed by atoms with Crippen molar-refractivity contribution in [2.45, 2.75) is 18.4 Å². The van der Waals surface area contributed by atoms with E-state index in [0.29, 0.717) is 0 Å². The Balaban J connectivity index is 1.33. The smallest absolute Gasteiger partial charge is 0.264 e. The van der Waals surface area contributed by atoms with Gasteiger partial charge in [0, 0.05) is 4.90 Å². The van der Waals surface area contributed by atoms with Crippen LogP contribution < -0.4 is 10.9 Å². The number of hydrazine groups is 1. The molecule has 1 heterocycles. The highest BCUT2D eigenvalue weighted by Gasteiger charge is 2.08. The molecule has 0 spiro atoms.